The van der Waals surface area contributed by atoms with Crippen LogP contribution >= 0.6 is 0 Å². The van der Waals surface area contributed by atoms with Crippen molar-refractivity contribution in [3.05, 3.63) is 46.8 Å². The van der Waals surface area contributed by atoms with E-state index in [9.17, 15) is 4.79 Å². The molecule has 0 radical (unpaired) electrons. The maximum absolute atomic E-state index is 12.5. The topological polar surface area (TPSA) is 59.0 Å². The van der Waals surface area contributed by atoms with E-state index < -0.39 is 0 Å². The van der Waals surface area contributed by atoms with Crippen LogP contribution < -0.4 is 10.6 Å². The van der Waals surface area contributed by atoms with Crippen LogP contribution in [0.1, 0.15) is 40.7 Å². The third-order valence-corrected chi connectivity index (χ3v) is 4.82. The number of anilines is 1. The van der Waals surface area contributed by atoms with E-state index in [1.165, 1.54) is 12.0 Å². The van der Waals surface area contributed by atoms with Gasteiger partial charge in [-0.3, -0.25) is 9.48 Å². The van der Waals surface area contributed by atoms with Gasteiger partial charge in [-0.25, -0.2) is 0 Å². The molecule has 0 aliphatic carbocycles. The number of amides is 1. The van der Waals surface area contributed by atoms with E-state index in [1.54, 1.807) is 0 Å². The van der Waals surface area contributed by atoms with E-state index in [0.29, 0.717) is 5.56 Å². The predicted molar refractivity (Wildman–Crippen MR) is 96.5 cm³/mol. The summed E-state index contributed by atoms with van der Waals surface area (Å²) in [5.74, 6) is 0.640. The Hall–Kier alpha value is -2.14. The van der Waals surface area contributed by atoms with Crippen molar-refractivity contribution >= 4 is 11.6 Å². The second-order valence-electron chi connectivity index (χ2n) is 6.58. The molecule has 1 aliphatic heterocycles. The minimum atomic E-state index is -0.0778. The number of benzene rings is 1. The maximum Gasteiger partial charge on any atom is 0.255 e. The fourth-order valence-electron chi connectivity index (χ4n) is 3.39. The molecule has 24 heavy (non-hydrogen) atoms. The normalized spacial score (nSPS) is 17.2. The number of nitrogens with one attached hydrogen (secondary N) is 2. The number of carbonyl (C=O) groups excluding carboxylic acids is 1. The zero-order chi connectivity index (χ0) is 17.1. The van der Waals surface area contributed by atoms with Crippen LogP contribution in [0.4, 0.5) is 5.69 Å². The fourth-order valence-corrected chi connectivity index (χ4v) is 3.39. The van der Waals surface area contributed by atoms with E-state index in [0.717, 1.165) is 49.0 Å². The van der Waals surface area contributed by atoms with Crippen LogP contribution in [0.2, 0.25) is 0 Å². The molecule has 2 heterocycles. The van der Waals surface area contributed by atoms with Gasteiger partial charge in [0.25, 0.3) is 5.91 Å². The number of nitrogens with zero attached hydrogens (tertiary/aromatic N) is 2. The molecule has 0 saturated carbocycles. The van der Waals surface area contributed by atoms with Crippen LogP contribution in [-0.2, 0) is 13.0 Å². The molecule has 0 spiro atoms. The molecule has 1 aromatic carbocycles. The first-order valence-electron chi connectivity index (χ1n) is 8.73. The first-order valence-corrected chi connectivity index (χ1v) is 8.73. The van der Waals surface area contributed by atoms with Crippen molar-refractivity contribution in [2.45, 2.75) is 40.2 Å². The quantitative estimate of drug-likeness (QED) is 0.888. The summed E-state index contributed by atoms with van der Waals surface area (Å²) in [5.41, 5.74) is 4.66. The molecule has 3 rings (SSSR count). The Labute approximate surface area is 143 Å². The van der Waals surface area contributed by atoms with Gasteiger partial charge in [0.15, 0.2) is 0 Å². The Morgan fingerprint density at radius 2 is 2.08 bits per heavy atom. The van der Waals surface area contributed by atoms with Gasteiger partial charge >= 0.3 is 0 Å². The van der Waals surface area contributed by atoms with E-state index in [1.807, 2.05) is 37.6 Å². The SMILES string of the molecule is CCn1nc(C)c(NC(=O)c2ccc(CC3CCNC3)cc2)c1C. The van der Waals surface area contributed by atoms with Crippen LogP contribution in [-0.4, -0.2) is 28.8 Å². The molecule has 1 unspecified atom stereocenters. The summed E-state index contributed by atoms with van der Waals surface area (Å²) in [6.45, 7) is 8.97. The summed E-state index contributed by atoms with van der Waals surface area (Å²) in [6, 6.07) is 7.98. The lowest BCUT2D eigenvalue weighted by Crippen LogP contribution is -2.14. The Bertz CT molecular complexity index is 712. The molecule has 1 saturated heterocycles. The molecule has 1 fully saturated rings. The molecule has 128 valence electrons. The van der Waals surface area contributed by atoms with Crippen molar-refractivity contribution in [3.8, 4) is 0 Å². The molecule has 1 atom stereocenters. The number of rotatable bonds is 5. The van der Waals surface area contributed by atoms with Crippen LogP contribution in [0.3, 0.4) is 0 Å². The van der Waals surface area contributed by atoms with Gasteiger partial charge in [0, 0.05) is 12.1 Å². The Kier molecular flexibility index (Phi) is 5.00. The number of hydrogen-bond donors (Lipinski definition) is 2. The third kappa shape index (κ3) is 3.51. The molecule has 1 aliphatic rings. The third-order valence-electron chi connectivity index (χ3n) is 4.82. The molecule has 5 nitrogen and oxygen atoms in total. The highest BCUT2D eigenvalue weighted by Gasteiger charge is 2.16. The van der Waals surface area contributed by atoms with Crippen molar-refractivity contribution in [3.63, 3.8) is 0 Å². The van der Waals surface area contributed by atoms with Gasteiger partial charge in [-0.15, -0.1) is 0 Å². The average Bonchev–Trinajstić information content (AvgIpc) is 3.18. The van der Waals surface area contributed by atoms with Crippen molar-refractivity contribution in [2.75, 3.05) is 18.4 Å². The Morgan fingerprint density at radius 1 is 1.33 bits per heavy atom. The zero-order valence-corrected chi connectivity index (χ0v) is 14.7. The summed E-state index contributed by atoms with van der Waals surface area (Å²) in [6.07, 6.45) is 2.32. The van der Waals surface area contributed by atoms with Crippen LogP contribution in [0.25, 0.3) is 0 Å². The first kappa shape index (κ1) is 16.7. The molecular weight excluding hydrogens is 300 g/mol. The van der Waals surface area contributed by atoms with Crippen molar-refractivity contribution < 1.29 is 4.79 Å². The molecule has 2 aromatic rings. The van der Waals surface area contributed by atoms with Gasteiger partial charge in [0.2, 0.25) is 0 Å². The predicted octanol–water partition coefficient (Wildman–Crippen LogP) is 2.92. The monoisotopic (exact) mass is 326 g/mol. The highest BCUT2D eigenvalue weighted by atomic mass is 16.1. The van der Waals surface area contributed by atoms with E-state index in [-0.39, 0.29) is 5.91 Å². The standard InChI is InChI=1S/C19H26N4O/c1-4-23-14(3)18(13(2)22-23)21-19(24)17-7-5-15(6-8-17)11-16-9-10-20-12-16/h5-8,16,20H,4,9-12H2,1-3H3,(H,21,24). The summed E-state index contributed by atoms with van der Waals surface area (Å²) < 4.78 is 1.91. The fraction of sp³-hybridized carbons (Fsp3) is 0.474. The molecule has 1 aromatic heterocycles. The summed E-state index contributed by atoms with van der Waals surface area (Å²) in [4.78, 5) is 12.5. The average molecular weight is 326 g/mol. The number of hydrogen-bond acceptors (Lipinski definition) is 3. The molecule has 2 N–H and O–H groups in total. The number of aromatic nitrogens is 2. The van der Waals surface area contributed by atoms with Gasteiger partial charge in [-0.05, 0) is 70.3 Å². The minimum absolute atomic E-state index is 0.0778. The Balaban J connectivity index is 1.68. The minimum Gasteiger partial charge on any atom is -0.319 e. The lowest BCUT2D eigenvalue weighted by molar-refractivity contribution is 0.102. The van der Waals surface area contributed by atoms with Crippen molar-refractivity contribution in [1.82, 2.24) is 15.1 Å². The Morgan fingerprint density at radius 3 is 2.67 bits per heavy atom. The van der Waals surface area contributed by atoms with Gasteiger partial charge in [-0.1, -0.05) is 12.1 Å². The largest absolute Gasteiger partial charge is 0.319 e. The first-order chi connectivity index (χ1) is 11.6. The van der Waals surface area contributed by atoms with Crippen LogP contribution in [0.5, 0.6) is 0 Å². The van der Waals surface area contributed by atoms with Gasteiger partial charge in [0.05, 0.1) is 17.1 Å². The molecule has 1 amide bonds. The summed E-state index contributed by atoms with van der Waals surface area (Å²) >= 11 is 0. The van der Waals surface area contributed by atoms with Crippen LogP contribution in [0, 0.1) is 19.8 Å². The van der Waals surface area contributed by atoms with E-state index in [4.69, 9.17) is 0 Å². The van der Waals surface area contributed by atoms with Gasteiger partial charge in [-0.2, -0.15) is 5.10 Å². The smallest absolute Gasteiger partial charge is 0.255 e. The summed E-state index contributed by atoms with van der Waals surface area (Å²) in [7, 11) is 0. The van der Waals surface area contributed by atoms with E-state index in [2.05, 4.69) is 27.9 Å². The molecule has 5 heteroatoms. The molecule has 0 bridgehead atoms. The number of aryl methyl sites for hydroxylation is 2. The highest BCUT2D eigenvalue weighted by molar-refractivity contribution is 6.04. The van der Waals surface area contributed by atoms with Gasteiger partial charge < -0.3 is 10.6 Å². The van der Waals surface area contributed by atoms with Crippen molar-refractivity contribution in [1.29, 1.82) is 0 Å². The molecular formula is C19H26N4O. The second-order valence-corrected chi connectivity index (χ2v) is 6.58. The summed E-state index contributed by atoms with van der Waals surface area (Å²) in [5, 5.41) is 10.8. The lowest BCUT2D eigenvalue weighted by atomic mass is 9.98. The number of carbonyl (C=O) groups is 1. The van der Waals surface area contributed by atoms with E-state index >= 15 is 0 Å². The van der Waals surface area contributed by atoms with Crippen LogP contribution in [0.15, 0.2) is 24.3 Å². The van der Waals surface area contributed by atoms with Gasteiger partial charge in [0.1, 0.15) is 0 Å². The van der Waals surface area contributed by atoms with Crippen molar-refractivity contribution in [2.24, 2.45) is 5.92 Å². The maximum atomic E-state index is 12.5. The second kappa shape index (κ2) is 7.18. The highest BCUT2D eigenvalue weighted by Crippen LogP contribution is 2.21. The zero-order valence-electron chi connectivity index (χ0n) is 14.7. The lowest BCUT2D eigenvalue weighted by Gasteiger charge is -2.10.